The van der Waals surface area contributed by atoms with Gasteiger partial charge in [0.2, 0.25) is 0 Å². The molecule has 0 unspecified atom stereocenters. The third-order valence-corrected chi connectivity index (χ3v) is 7.61. The second-order valence-electron chi connectivity index (χ2n) is 12.7. The Morgan fingerprint density at radius 3 is 1.98 bits per heavy atom. The molecule has 0 radical (unpaired) electrons. The number of benzene rings is 1. The first-order chi connectivity index (χ1) is 21.3. The first-order valence-corrected chi connectivity index (χ1v) is 17.4. The average Bonchev–Trinajstić information content (AvgIpc) is 2.90. The molecule has 2 N–H and O–H groups in total. The second-order valence-corrected chi connectivity index (χ2v) is 15.0. The van der Waals surface area contributed by atoms with Crippen LogP contribution in [0.2, 0.25) is 0 Å². The molecule has 0 fully saturated rings. The molecule has 11 nitrogen and oxygen atoms in total. The third kappa shape index (κ3) is 20.1. The number of carbonyl (C=O) groups is 5. The van der Waals surface area contributed by atoms with Gasteiger partial charge in [-0.05, 0) is 97.4 Å². The van der Waals surface area contributed by atoms with Gasteiger partial charge in [0.1, 0.15) is 22.8 Å². The standard InChI is InChI=1S/C33H51N3O8S2/c1-22(35-30(40)43-32(4,5)6)34-17-11-10-13-28(36-31(41)44-33(7,8)9)29(39)14-12-18-42-27-16-15-25(20-45-23(2)37)26(19-27)21-46-24(3)38/h15-16,19,28H,10-14,17-18,20-21H2,1-9H3,(H,36,41)(H,34,35,40)/t28-/m0/s1. The average molecular weight is 682 g/mol. The van der Waals surface area contributed by atoms with E-state index in [1.165, 1.54) is 37.4 Å². The van der Waals surface area contributed by atoms with Crippen LogP contribution in [0.4, 0.5) is 9.59 Å². The van der Waals surface area contributed by atoms with Crippen molar-refractivity contribution in [2.75, 3.05) is 13.2 Å². The topological polar surface area (TPSA) is 149 Å². The molecular formula is C33H51N3O8S2. The fourth-order valence-corrected chi connectivity index (χ4v) is 5.17. The largest absolute Gasteiger partial charge is 0.494 e. The summed E-state index contributed by atoms with van der Waals surface area (Å²) >= 11 is 2.40. The summed E-state index contributed by atoms with van der Waals surface area (Å²) in [6.07, 6.45) is 1.06. The Hall–Kier alpha value is -3.06. The number of alkyl carbamates (subject to hydrolysis) is 2. The summed E-state index contributed by atoms with van der Waals surface area (Å²) in [6, 6.07) is 4.85. The Morgan fingerprint density at radius 1 is 0.804 bits per heavy atom. The van der Waals surface area contributed by atoms with Crippen LogP contribution in [-0.4, -0.2) is 64.4 Å². The lowest BCUT2D eigenvalue weighted by atomic mass is 10.0. The van der Waals surface area contributed by atoms with Crippen molar-refractivity contribution in [3.05, 3.63) is 29.3 Å². The molecule has 1 aromatic carbocycles. The smallest absolute Gasteiger partial charge is 0.413 e. The van der Waals surface area contributed by atoms with Gasteiger partial charge in [0.05, 0.1) is 12.6 Å². The summed E-state index contributed by atoms with van der Waals surface area (Å²) in [5.41, 5.74) is 0.569. The molecule has 0 aliphatic heterocycles. The van der Waals surface area contributed by atoms with Crippen molar-refractivity contribution in [2.45, 2.75) is 123 Å². The fourth-order valence-electron chi connectivity index (χ4n) is 3.90. The van der Waals surface area contributed by atoms with Crippen LogP contribution in [0, 0.1) is 0 Å². The highest BCUT2D eigenvalue weighted by Gasteiger charge is 2.24. The number of aliphatic imine (C=N–C) groups is 1. The molecule has 13 heteroatoms. The van der Waals surface area contributed by atoms with E-state index in [0.717, 1.165) is 11.1 Å². The maximum atomic E-state index is 13.2. The molecule has 258 valence electrons. The van der Waals surface area contributed by atoms with Crippen LogP contribution in [0.1, 0.15) is 106 Å². The number of nitrogens with zero attached hydrogens (tertiary/aromatic N) is 1. The monoisotopic (exact) mass is 681 g/mol. The normalized spacial score (nSPS) is 12.6. The van der Waals surface area contributed by atoms with Crippen molar-refractivity contribution in [3.8, 4) is 5.75 Å². The molecule has 0 saturated carbocycles. The maximum Gasteiger partial charge on any atom is 0.413 e. The Labute approximate surface area is 282 Å². The van der Waals surface area contributed by atoms with E-state index in [2.05, 4.69) is 15.6 Å². The molecule has 1 aromatic rings. The van der Waals surface area contributed by atoms with Gasteiger partial charge in [-0.15, -0.1) is 0 Å². The van der Waals surface area contributed by atoms with Gasteiger partial charge >= 0.3 is 12.2 Å². The van der Waals surface area contributed by atoms with E-state index in [0.29, 0.717) is 55.3 Å². The summed E-state index contributed by atoms with van der Waals surface area (Å²) in [5, 5.41) is 5.33. The molecule has 0 aliphatic rings. The minimum atomic E-state index is -0.729. The summed E-state index contributed by atoms with van der Waals surface area (Å²) < 4.78 is 16.5. The predicted octanol–water partition coefficient (Wildman–Crippen LogP) is 6.98. The Balaban J connectivity index is 2.72. The Bertz CT molecular complexity index is 1220. The SMILES string of the molecule is CC(=O)SCc1ccc(OCCCC(=O)[C@H](CCCCN=C(C)NC(=O)OC(C)(C)C)NC(=O)OC(C)(C)C)cc1CSC(C)=O. The summed E-state index contributed by atoms with van der Waals surface area (Å²) in [6.45, 7) is 16.0. The van der Waals surface area contributed by atoms with Crippen LogP contribution < -0.4 is 15.4 Å². The number of carbonyl (C=O) groups excluding carboxylic acids is 5. The molecule has 1 rings (SSSR count). The van der Waals surface area contributed by atoms with Gasteiger partial charge in [-0.3, -0.25) is 24.7 Å². The predicted molar refractivity (Wildman–Crippen MR) is 184 cm³/mol. The van der Waals surface area contributed by atoms with Gasteiger partial charge in [0.25, 0.3) is 0 Å². The fraction of sp³-hybridized carbons (Fsp3) is 0.636. The second kappa shape index (κ2) is 20.2. The highest BCUT2D eigenvalue weighted by atomic mass is 32.2. The van der Waals surface area contributed by atoms with E-state index in [-0.39, 0.29) is 29.0 Å². The molecule has 46 heavy (non-hydrogen) atoms. The van der Waals surface area contributed by atoms with E-state index < -0.39 is 29.4 Å². The molecule has 0 saturated heterocycles. The zero-order chi connectivity index (χ0) is 34.9. The van der Waals surface area contributed by atoms with Crippen molar-refractivity contribution in [2.24, 2.45) is 4.99 Å². The van der Waals surface area contributed by atoms with Crippen LogP contribution in [0.5, 0.6) is 5.75 Å². The molecule has 0 aromatic heterocycles. The Kier molecular flexibility index (Phi) is 18.0. The molecule has 0 bridgehead atoms. The lowest BCUT2D eigenvalue weighted by molar-refractivity contribution is -0.121. The number of Topliss-reactive ketones (excluding diaryl/α,β-unsaturated/α-hetero) is 1. The van der Waals surface area contributed by atoms with Crippen molar-refractivity contribution in [3.63, 3.8) is 0 Å². The van der Waals surface area contributed by atoms with Crippen LogP contribution in [-0.2, 0) is 35.4 Å². The van der Waals surface area contributed by atoms with Crippen LogP contribution in [0.3, 0.4) is 0 Å². The van der Waals surface area contributed by atoms with Gasteiger partial charge in [-0.1, -0.05) is 29.6 Å². The number of amides is 2. The van der Waals surface area contributed by atoms with Crippen LogP contribution in [0.25, 0.3) is 0 Å². The number of ether oxygens (including phenoxy) is 3. The minimum absolute atomic E-state index is 0.00240. The molecule has 0 spiro atoms. The molecule has 0 aliphatic carbocycles. The molecule has 0 heterocycles. The number of ketones is 1. The third-order valence-electron chi connectivity index (χ3n) is 5.89. The van der Waals surface area contributed by atoms with E-state index in [1.54, 1.807) is 48.5 Å². The van der Waals surface area contributed by atoms with Crippen molar-refractivity contribution in [1.82, 2.24) is 10.6 Å². The Morgan fingerprint density at radius 2 is 1.39 bits per heavy atom. The van der Waals surface area contributed by atoms with E-state index >= 15 is 0 Å². The van der Waals surface area contributed by atoms with Crippen molar-refractivity contribution in [1.29, 1.82) is 0 Å². The number of thioether (sulfide) groups is 2. The maximum absolute atomic E-state index is 13.2. The van der Waals surface area contributed by atoms with Crippen molar-refractivity contribution >= 4 is 57.6 Å². The number of unbranched alkanes of at least 4 members (excludes halogenated alkanes) is 1. The zero-order valence-corrected chi connectivity index (χ0v) is 30.3. The lowest BCUT2D eigenvalue weighted by Gasteiger charge is -2.23. The highest BCUT2D eigenvalue weighted by Crippen LogP contribution is 2.26. The zero-order valence-electron chi connectivity index (χ0n) is 28.7. The number of nitrogens with one attached hydrogen (secondary N) is 2. The van der Waals surface area contributed by atoms with E-state index in [1.807, 2.05) is 18.2 Å². The van der Waals surface area contributed by atoms with Gasteiger partial charge in [0, 0.05) is 38.3 Å². The first kappa shape index (κ1) is 41.0. The van der Waals surface area contributed by atoms with Gasteiger partial charge in [-0.25, -0.2) is 9.59 Å². The minimum Gasteiger partial charge on any atom is -0.494 e. The summed E-state index contributed by atoms with van der Waals surface area (Å²) in [7, 11) is 0. The van der Waals surface area contributed by atoms with E-state index in [4.69, 9.17) is 14.2 Å². The number of hydrogen-bond acceptors (Lipinski definition) is 11. The number of amidine groups is 1. The first-order valence-electron chi connectivity index (χ1n) is 15.4. The number of hydrogen-bond donors (Lipinski definition) is 2. The van der Waals surface area contributed by atoms with Crippen LogP contribution >= 0.6 is 23.5 Å². The van der Waals surface area contributed by atoms with E-state index in [9.17, 15) is 24.0 Å². The van der Waals surface area contributed by atoms with Crippen molar-refractivity contribution < 1.29 is 38.2 Å². The molecular weight excluding hydrogens is 631 g/mol. The summed E-state index contributed by atoms with van der Waals surface area (Å²) in [5.74, 6) is 1.91. The molecule has 2 amide bonds. The highest BCUT2D eigenvalue weighted by molar-refractivity contribution is 8.13. The van der Waals surface area contributed by atoms with Crippen LogP contribution in [0.15, 0.2) is 23.2 Å². The quantitative estimate of drug-likeness (QED) is 0.106. The number of rotatable bonds is 16. The lowest BCUT2D eigenvalue weighted by Crippen LogP contribution is -2.43. The summed E-state index contributed by atoms with van der Waals surface area (Å²) in [4.78, 5) is 64.8. The molecule has 1 atom stereocenters. The van der Waals surface area contributed by atoms with Gasteiger partial charge < -0.3 is 19.5 Å². The van der Waals surface area contributed by atoms with Gasteiger partial charge in [-0.2, -0.15) is 0 Å². The van der Waals surface area contributed by atoms with Gasteiger partial charge in [0.15, 0.2) is 16.0 Å².